The molecule has 0 saturated heterocycles. The van der Waals surface area contributed by atoms with Crippen molar-refractivity contribution in [2.45, 2.75) is 142 Å². The first-order valence-corrected chi connectivity index (χ1v) is 21.8. The highest BCUT2D eigenvalue weighted by Gasteiger charge is 2.20. The Morgan fingerprint density at radius 3 is 1.16 bits per heavy atom. The van der Waals surface area contributed by atoms with E-state index in [1.807, 2.05) is 36.4 Å². The third-order valence-electron chi connectivity index (χ3n) is 11.7. The zero-order valence-electron chi connectivity index (χ0n) is 34.0. The van der Waals surface area contributed by atoms with E-state index in [1.54, 1.807) is 12.2 Å². The molecule has 0 radical (unpaired) electrons. The Morgan fingerprint density at radius 2 is 0.768 bits per heavy atom. The molecular weight excluding hydrogens is 689 g/mol. The van der Waals surface area contributed by atoms with Crippen LogP contribution in [0, 0.1) is 0 Å². The fourth-order valence-corrected chi connectivity index (χ4v) is 8.51. The summed E-state index contributed by atoms with van der Waals surface area (Å²) in [5.41, 5.74) is 6.92. The number of hydrogen-bond donors (Lipinski definition) is 4. The highest BCUT2D eigenvalue weighted by atomic mass is 16.3. The van der Waals surface area contributed by atoms with Crippen LogP contribution in [-0.2, 0) is 12.8 Å². The number of allylic oxidation sites excluding steroid dienone is 8. The minimum atomic E-state index is 0.165. The first-order chi connectivity index (χ1) is 27.3. The van der Waals surface area contributed by atoms with Gasteiger partial charge in [0, 0.05) is 24.0 Å². The molecule has 296 valence electrons. The van der Waals surface area contributed by atoms with E-state index in [4.69, 9.17) is 0 Å². The van der Waals surface area contributed by atoms with Crippen LogP contribution in [0.25, 0.3) is 32.7 Å². The second kappa shape index (κ2) is 20.5. The highest BCUT2D eigenvalue weighted by Crippen LogP contribution is 2.41. The van der Waals surface area contributed by atoms with E-state index in [-0.39, 0.29) is 35.9 Å². The van der Waals surface area contributed by atoms with Gasteiger partial charge in [0.05, 0.1) is 11.5 Å². The summed E-state index contributed by atoms with van der Waals surface area (Å²) < 4.78 is 0. The summed E-state index contributed by atoms with van der Waals surface area (Å²) in [6.45, 7) is 4.52. The standard InChI is InChI=1S/C52H64O4/c1-3-5-7-9-11-13-15-17-19-37-21-23-39-33-49(51(55)35-41(39)25-37)45-27-43-29-48(54)32-46(28-44(43)30-47(53)31-45)50-34-40-24-22-38(26-42(40)36-52(50)56)20-18-16-14-12-10-8-6-4-2/h21-30,33-36,53-56H,3-20,31-32H2,1-2H3. The van der Waals surface area contributed by atoms with Gasteiger partial charge in [-0.2, -0.15) is 0 Å². The van der Waals surface area contributed by atoms with Gasteiger partial charge in [-0.1, -0.05) is 140 Å². The molecule has 56 heavy (non-hydrogen) atoms. The number of hydrogen-bond acceptors (Lipinski definition) is 4. The lowest BCUT2D eigenvalue weighted by molar-refractivity contribution is 0.402. The maximum Gasteiger partial charge on any atom is 0.123 e. The SMILES string of the molecule is CCCCCCCCCCc1ccc2cc(C3=CC4=C(C=C(O)C3)C=C(c3cc5ccc(CCCCCCCCCC)cc5cc3O)CC(O)=C4)c(O)cc2c1. The molecule has 4 aromatic rings. The molecule has 0 saturated carbocycles. The van der Waals surface area contributed by atoms with E-state index in [0.717, 1.165) is 56.7 Å². The number of phenols is 2. The average molecular weight is 753 g/mol. The topological polar surface area (TPSA) is 80.9 Å². The molecular formula is C52H64O4. The molecule has 0 atom stereocenters. The number of unbranched alkanes of at least 4 members (excludes halogenated alkanes) is 14. The van der Waals surface area contributed by atoms with Crippen LogP contribution in [0.1, 0.15) is 152 Å². The second-order valence-corrected chi connectivity index (χ2v) is 16.4. The molecule has 0 amide bonds. The van der Waals surface area contributed by atoms with Gasteiger partial charge in [-0.15, -0.1) is 0 Å². The van der Waals surface area contributed by atoms with E-state index >= 15 is 0 Å². The molecule has 0 bridgehead atoms. The van der Waals surface area contributed by atoms with Crippen LogP contribution in [0.4, 0.5) is 0 Å². The van der Waals surface area contributed by atoms with Crippen molar-refractivity contribution < 1.29 is 20.4 Å². The first kappa shape index (κ1) is 40.9. The summed E-state index contributed by atoms with van der Waals surface area (Å²) in [7, 11) is 0. The zero-order chi connectivity index (χ0) is 39.3. The molecule has 0 aromatic heterocycles. The van der Waals surface area contributed by atoms with Gasteiger partial charge >= 0.3 is 0 Å². The van der Waals surface area contributed by atoms with Gasteiger partial charge in [0.15, 0.2) is 0 Å². The monoisotopic (exact) mass is 752 g/mol. The van der Waals surface area contributed by atoms with Crippen molar-refractivity contribution in [2.24, 2.45) is 0 Å². The molecule has 4 N–H and O–H groups in total. The molecule has 4 nitrogen and oxygen atoms in total. The maximum atomic E-state index is 11.3. The summed E-state index contributed by atoms with van der Waals surface area (Å²) in [5.74, 6) is 0.673. The number of benzene rings is 4. The molecule has 2 aliphatic carbocycles. The number of aromatic hydroxyl groups is 2. The normalized spacial score (nSPS) is 14.6. The fourth-order valence-electron chi connectivity index (χ4n) is 8.51. The quantitative estimate of drug-likeness (QED) is 0.0678. The summed E-state index contributed by atoms with van der Waals surface area (Å²) in [5, 5.41) is 49.1. The molecule has 0 spiro atoms. The lowest BCUT2D eigenvalue weighted by atomic mass is 9.94. The zero-order valence-corrected chi connectivity index (χ0v) is 34.0. The first-order valence-electron chi connectivity index (χ1n) is 21.8. The van der Waals surface area contributed by atoms with Crippen molar-refractivity contribution >= 4 is 32.7 Å². The predicted molar refractivity (Wildman–Crippen MR) is 237 cm³/mol. The van der Waals surface area contributed by atoms with Crippen LogP contribution >= 0.6 is 0 Å². The van der Waals surface area contributed by atoms with Crippen molar-refractivity contribution in [3.05, 3.63) is 130 Å². The van der Waals surface area contributed by atoms with Crippen molar-refractivity contribution in [2.75, 3.05) is 0 Å². The molecule has 0 fully saturated rings. The fraction of sp³-hybridized carbons (Fsp3) is 0.423. The van der Waals surface area contributed by atoms with Crippen LogP contribution in [0.3, 0.4) is 0 Å². The van der Waals surface area contributed by atoms with E-state index in [2.05, 4.69) is 50.2 Å². The molecule has 0 unspecified atom stereocenters. The molecule has 4 aromatic carbocycles. The Balaban J connectivity index is 1.17. The van der Waals surface area contributed by atoms with Gasteiger partial charge < -0.3 is 20.4 Å². The number of aliphatic hydroxyl groups excluding tert-OH is 2. The van der Waals surface area contributed by atoms with Crippen molar-refractivity contribution in [1.29, 1.82) is 0 Å². The van der Waals surface area contributed by atoms with Gasteiger partial charge in [-0.3, -0.25) is 0 Å². The Bertz CT molecular complexity index is 1970. The molecule has 6 rings (SSSR count). The molecule has 4 heteroatoms. The van der Waals surface area contributed by atoms with E-state index in [0.29, 0.717) is 11.1 Å². The number of rotatable bonds is 20. The predicted octanol–water partition coefficient (Wildman–Crippen LogP) is 15.2. The summed E-state index contributed by atoms with van der Waals surface area (Å²) >= 11 is 0. The van der Waals surface area contributed by atoms with Gasteiger partial charge in [0.2, 0.25) is 0 Å². The smallest absolute Gasteiger partial charge is 0.123 e. The highest BCUT2D eigenvalue weighted by molar-refractivity contribution is 5.92. The second-order valence-electron chi connectivity index (χ2n) is 16.4. The number of aryl methyl sites for hydroxylation is 2. The van der Waals surface area contributed by atoms with Crippen molar-refractivity contribution in [3.63, 3.8) is 0 Å². The Kier molecular flexibility index (Phi) is 15.0. The van der Waals surface area contributed by atoms with Gasteiger partial charge in [0.1, 0.15) is 11.5 Å². The van der Waals surface area contributed by atoms with Gasteiger partial charge in [0.25, 0.3) is 0 Å². The summed E-state index contributed by atoms with van der Waals surface area (Å²) in [6.07, 6.45) is 30.7. The number of aliphatic hydroxyl groups is 2. The lowest BCUT2D eigenvalue weighted by Gasteiger charge is -2.12. The maximum absolute atomic E-state index is 11.3. The van der Waals surface area contributed by atoms with Crippen LogP contribution in [0.5, 0.6) is 11.5 Å². The Labute approximate surface area is 335 Å². The average Bonchev–Trinajstić information content (AvgIpc) is 3.42. The Morgan fingerprint density at radius 1 is 0.393 bits per heavy atom. The number of fused-ring (bicyclic) bond motifs is 2. The third kappa shape index (κ3) is 11.2. The lowest BCUT2D eigenvalue weighted by Crippen LogP contribution is -1.92. The molecule has 0 aliphatic heterocycles. The molecule has 0 heterocycles. The van der Waals surface area contributed by atoms with E-state index < -0.39 is 0 Å². The minimum absolute atomic E-state index is 0.165. The van der Waals surface area contributed by atoms with Crippen molar-refractivity contribution in [1.82, 2.24) is 0 Å². The van der Waals surface area contributed by atoms with Crippen molar-refractivity contribution in [3.8, 4) is 11.5 Å². The Hall–Kier alpha value is -4.70. The van der Waals surface area contributed by atoms with Gasteiger partial charge in [-0.05, 0) is 129 Å². The molecule has 2 aliphatic rings. The third-order valence-corrected chi connectivity index (χ3v) is 11.7. The minimum Gasteiger partial charge on any atom is -0.512 e. The van der Waals surface area contributed by atoms with Crippen LogP contribution in [0.2, 0.25) is 0 Å². The van der Waals surface area contributed by atoms with E-state index in [1.165, 1.54) is 114 Å². The van der Waals surface area contributed by atoms with Crippen LogP contribution in [-0.4, -0.2) is 20.4 Å². The summed E-state index contributed by atoms with van der Waals surface area (Å²) in [4.78, 5) is 0. The largest absolute Gasteiger partial charge is 0.512 e. The summed E-state index contributed by atoms with van der Waals surface area (Å²) in [6, 6.07) is 20.7. The van der Waals surface area contributed by atoms with Crippen LogP contribution < -0.4 is 0 Å². The van der Waals surface area contributed by atoms with Gasteiger partial charge in [-0.25, -0.2) is 0 Å². The number of phenolic OH excluding ortho intramolecular Hbond substituents is 2. The van der Waals surface area contributed by atoms with Crippen LogP contribution in [0.15, 0.2) is 108 Å². The van der Waals surface area contributed by atoms with E-state index in [9.17, 15) is 20.4 Å².